The maximum atomic E-state index is 12.6. The Kier molecular flexibility index (Phi) is 6.43. The predicted molar refractivity (Wildman–Crippen MR) is 112 cm³/mol. The molecule has 1 N–H and O–H groups in total. The zero-order chi connectivity index (χ0) is 21.0. The summed E-state index contributed by atoms with van der Waals surface area (Å²) in [5, 5.41) is 3.25. The van der Waals surface area contributed by atoms with Crippen molar-refractivity contribution in [2.75, 3.05) is 13.2 Å². The van der Waals surface area contributed by atoms with Gasteiger partial charge in [0.05, 0.1) is 11.7 Å². The van der Waals surface area contributed by atoms with Crippen molar-refractivity contribution in [2.24, 2.45) is 0 Å². The first-order valence-corrected chi connectivity index (χ1v) is 10.1. The van der Waals surface area contributed by atoms with E-state index in [0.717, 1.165) is 16.0 Å². The van der Waals surface area contributed by atoms with Gasteiger partial charge in [-0.1, -0.05) is 24.3 Å². The molecule has 0 saturated carbocycles. The van der Waals surface area contributed by atoms with E-state index in [-0.39, 0.29) is 24.6 Å². The number of carbonyl (C=O) groups excluding carboxylic acids is 2. The number of fused-ring (bicyclic) bond motifs is 1. The Balaban J connectivity index is 1.50. The number of aromatic nitrogens is 2. The van der Waals surface area contributed by atoms with Gasteiger partial charge in [-0.3, -0.25) is 19.0 Å². The third-order valence-electron chi connectivity index (χ3n) is 4.80. The van der Waals surface area contributed by atoms with Crippen LogP contribution in [0.4, 0.5) is 0 Å². The fourth-order valence-corrected chi connectivity index (χ4v) is 3.98. The summed E-state index contributed by atoms with van der Waals surface area (Å²) < 4.78 is 6.21. The van der Waals surface area contributed by atoms with Gasteiger partial charge < -0.3 is 10.1 Å². The normalized spacial score (nSPS) is 10.9. The highest BCUT2D eigenvalue weighted by Gasteiger charge is 2.15. The van der Waals surface area contributed by atoms with Crippen LogP contribution in [0.2, 0.25) is 0 Å². The Morgan fingerprint density at radius 1 is 1.21 bits per heavy atom. The zero-order valence-electron chi connectivity index (χ0n) is 16.7. The van der Waals surface area contributed by atoms with Gasteiger partial charge in [0.15, 0.2) is 6.61 Å². The molecule has 8 heteroatoms. The van der Waals surface area contributed by atoms with E-state index in [4.69, 9.17) is 4.74 Å². The summed E-state index contributed by atoms with van der Waals surface area (Å²) in [5.74, 6) is -1.04. The molecule has 29 heavy (non-hydrogen) atoms. The summed E-state index contributed by atoms with van der Waals surface area (Å²) in [7, 11) is 0. The molecule has 0 atom stereocenters. The van der Waals surface area contributed by atoms with Crippen LogP contribution in [0.5, 0.6) is 0 Å². The average Bonchev–Trinajstić information content (AvgIpc) is 2.98. The van der Waals surface area contributed by atoms with E-state index >= 15 is 0 Å². The summed E-state index contributed by atoms with van der Waals surface area (Å²) >= 11 is 1.45. The number of amides is 1. The minimum absolute atomic E-state index is 0.281. The number of hydrogen-bond acceptors (Lipinski definition) is 6. The number of nitrogens with zero attached hydrogens (tertiary/aromatic N) is 2. The van der Waals surface area contributed by atoms with Crippen LogP contribution in [-0.2, 0) is 27.3 Å². The Morgan fingerprint density at radius 3 is 2.72 bits per heavy atom. The molecule has 0 aliphatic carbocycles. The van der Waals surface area contributed by atoms with Crippen molar-refractivity contribution in [1.82, 2.24) is 14.9 Å². The van der Waals surface area contributed by atoms with E-state index < -0.39 is 5.97 Å². The lowest BCUT2D eigenvalue weighted by molar-refractivity contribution is -0.149. The van der Waals surface area contributed by atoms with Crippen molar-refractivity contribution in [3.8, 4) is 0 Å². The third kappa shape index (κ3) is 4.89. The molecule has 2 heterocycles. The van der Waals surface area contributed by atoms with Gasteiger partial charge in [0, 0.05) is 11.4 Å². The van der Waals surface area contributed by atoms with Crippen molar-refractivity contribution in [3.05, 3.63) is 62.5 Å². The van der Waals surface area contributed by atoms with Crippen molar-refractivity contribution in [2.45, 2.75) is 33.7 Å². The maximum Gasteiger partial charge on any atom is 0.326 e. The smallest absolute Gasteiger partial charge is 0.326 e. The van der Waals surface area contributed by atoms with Crippen molar-refractivity contribution in [3.63, 3.8) is 0 Å². The molecule has 0 unspecified atom stereocenters. The fraction of sp³-hybridized carbons (Fsp3) is 0.333. The number of rotatable bonds is 7. The number of benzene rings is 1. The molecule has 0 bridgehead atoms. The molecule has 3 rings (SSSR count). The van der Waals surface area contributed by atoms with Crippen LogP contribution in [0, 0.1) is 20.8 Å². The Bertz CT molecular complexity index is 1120. The van der Waals surface area contributed by atoms with Gasteiger partial charge >= 0.3 is 5.97 Å². The summed E-state index contributed by atoms with van der Waals surface area (Å²) in [6.07, 6.45) is 2.04. The van der Waals surface area contributed by atoms with Gasteiger partial charge in [-0.25, -0.2) is 4.98 Å². The molecule has 1 aromatic carbocycles. The molecule has 0 spiro atoms. The molecule has 0 fully saturated rings. The lowest BCUT2D eigenvalue weighted by atomic mass is 10.1. The van der Waals surface area contributed by atoms with Gasteiger partial charge in [0.25, 0.3) is 11.5 Å². The molecule has 0 aliphatic heterocycles. The van der Waals surface area contributed by atoms with Crippen LogP contribution in [-0.4, -0.2) is 34.6 Å². The maximum absolute atomic E-state index is 12.6. The number of hydrogen-bond donors (Lipinski definition) is 1. The Labute approximate surface area is 172 Å². The molecule has 7 nitrogen and oxygen atoms in total. The molecule has 2 aromatic heterocycles. The van der Waals surface area contributed by atoms with Crippen LogP contribution >= 0.6 is 11.3 Å². The quantitative estimate of drug-likeness (QED) is 0.600. The van der Waals surface area contributed by atoms with Gasteiger partial charge in [-0.15, -0.1) is 11.3 Å². The van der Waals surface area contributed by atoms with Crippen LogP contribution in [0.3, 0.4) is 0 Å². The largest absolute Gasteiger partial charge is 0.454 e. The number of aryl methyl sites for hydroxylation is 3. The number of nitrogens with one attached hydrogen (secondary N) is 1. The SMILES string of the molecule is Cc1ccccc1CCNC(=O)COC(=O)Cn1cnc2sc(C)c(C)c2c1=O. The van der Waals surface area contributed by atoms with E-state index in [1.54, 1.807) is 0 Å². The molecule has 0 saturated heterocycles. The first kappa shape index (κ1) is 20.7. The zero-order valence-corrected chi connectivity index (χ0v) is 17.5. The molecular formula is C21H23N3O4S. The first-order valence-electron chi connectivity index (χ1n) is 9.28. The Morgan fingerprint density at radius 2 is 1.97 bits per heavy atom. The lowest BCUT2D eigenvalue weighted by Crippen LogP contribution is -2.32. The molecule has 152 valence electrons. The first-order chi connectivity index (χ1) is 13.9. The molecular weight excluding hydrogens is 390 g/mol. The standard InChI is InChI=1S/C21H23N3O4S/c1-13-6-4-5-7-16(13)8-9-22-17(25)11-28-18(26)10-24-12-23-20-19(21(24)27)14(2)15(3)29-20/h4-7,12H,8-11H2,1-3H3,(H,22,25). The van der Waals surface area contributed by atoms with Crippen molar-refractivity contribution >= 4 is 33.4 Å². The monoisotopic (exact) mass is 413 g/mol. The minimum atomic E-state index is -0.660. The highest BCUT2D eigenvalue weighted by atomic mass is 32.1. The average molecular weight is 413 g/mol. The van der Waals surface area contributed by atoms with Crippen LogP contribution in [0.15, 0.2) is 35.4 Å². The van der Waals surface area contributed by atoms with E-state index in [0.29, 0.717) is 23.2 Å². The molecule has 3 aromatic rings. The second kappa shape index (κ2) is 9.00. The highest BCUT2D eigenvalue weighted by molar-refractivity contribution is 7.18. The summed E-state index contributed by atoms with van der Waals surface area (Å²) in [6.45, 7) is 5.60. The molecule has 0 radical (unpaired) electrons. The summed E-state index contributed by atoms with van der Waals surface area (Å²) in [6, 6.07) is 7.96. The van der Waals surface area contributed by atoms with E-state index in [1.807, 2.05) is 45.0 Å². The van der Waals surface area contributed by atoms with E-state index in [9.17, 15) is 14.4 Å². The Hall–Kier alpha value is -3.00. The third-order valence-corrected chi connectivity index (χ3v) is 5.91. The predicted octanol–water partition coefficient (Wildman–Crippen LogP) is 2.29. The lowest BCUT2D eigenvalue weighted by Gasteiger charge is -2.09. The van der Waals surface area contributed by atoms with Gasteiger partial charge in [-0.2, -0.15) is 0 Å². The second-order valence-corrected chi connectivity index (χ2v) is 8.03. The molecule has 0 aliphatic rings. The summed E-state index contributed by atoms with van der Waals surface area (Å²) in [4.78, 5) is 42.4. The van der Waals surface area contributed by atoms with Gasteiger partial charge in [-0.05, 0) is 43.9 Å². The minimum Gasteiger partial charge on any atom is -0.454 e. The topological polar surface area (TPSA) is 90.3 Å². The number of carbonyl (C=O) groups is 2. The van der Waals surface area contributed by atoms with Crippen molar-refractivity contribution in [1.29, 1.82) is 0 Å². The van der Waals surface area contributed by atoms with Crippen molar-refractivity contribution < 1.29 is 14.3 Å². The van der Waals surface area contributed by atoms with Crippen LogP contribution in [0.1, 0.15) is 21.6 Å². The second-order valence-electron chi connectivity index (χ2n) is 6.83. The van der Waals surface area contributed by atoms with E-state index in [1.165, 1.54) is 27.8 Å². The number of ether oxygens (including phenoxy) is 1. The van der Waals surface area contributed by atoms with Gasteiger partial charge in [0.1, 0.15) is 11.4 Å². The van der Waals surface area contributed by atoms with E-state index in [2.05, 4.69) is 10.3 Å². The van der Waals surface area contributed by atoms with Crippen LogP contribution in [0.25, 0.3) is 10.2 Å². The number of thiophene rings is 1. The number of esters is 1. The highest BCUT2D eigenvalue weighted by Crippen LogP contribution is 2.25. The molecule has 1 amide bonds. The summed E-state index contributed by atoms with van der Waals surface area (Å²) in [5.41, 5.74) is 2.92. The van der Waals surface area contributed by atoms with Gasteiger partial charge in [0.2, 0.25) is 0 Å². The van der Waals surface area contributed by atoms with Crippen LogP contribution < -0.4 is 10.9 Å². The fourth-order valence-electron chi connectivity index (χ4n) is 2.99.